The van der Waals surface area contributed by atoms with Crippen molar-refractivity contribution in [1.29, 1.82) is 0 Å². The quantitative estimate of drug-likeness (QED) is 0.0420. The Hall–Kier alpha value is -1.14. The zero-order chi connectivity index (χ0) is 41.7. The molecule has 3 atom stereocenters. The first-order chi connectivity index (χ1) is 28.0. The third kappa shape index (κ3) is 41.4. The maximum absolute atomic E-state index is 13.2. The third-order valence-corrected chi connectivity index (χ3v) is 12.2. The van der Waals surface area contributed by atoms with E-state index in [4.69, 9.17) is 4.74 Å². The fourth-order valence-corrected chi connectivity index (χ4v) is 8.26. The van der Waals surface area contributed by atoms with Crippen molar-refractivity contribution in [2.24, 2.45) is 0 Å². The Labute approximate surface area is 356 Å². The number of ether oxygens (including phenoxy) is 1. The molecule has 6 nitrogen and oxygen atoms in total. The standard InChI is InChI=1S/C51H101NO5/c1-4-7-10-13-16-19-22-24-25-27-29-32-35-38-41-44-51(56)57-47(42-39-36-33-30-28-26-23-20-17-14-11-8-5-2)45-50(55)52-48(46-53)49(54)43-40-37-34-31-21-18-15-12-9-6-3/h47-49,53-54H,4-46H2,1-3H3,(H,52,55). The van der Waals surface area contributed by atoms with Gasteiger partial charge in [-0.1, -0.05) is 252 Å². The van der Waals surface area contributed by atoms with E-state index in [0.29, 0.717) is 19.3 Å². The van der Waals surface area contributed by atoms with Gasteiger partial charge in [0.25, 0.3) is 0 Å². The molecule has 0 aliphatic rings. The van der Waals surface area contributed by atoms with E-state index in [-0.39, 0.29) is 24.9 Å². The summed E-state index contributed by atoms with van der Waals surface area (Å²) in [6, 6.07) is -0.691. The van der Waals surface area contributed by atoms with Crippen molar-refractivity contribution in [3.05, 3.63) is 0 Å². The minimum Gasteiger partial charge on any atom is -0.462 e. The van der Waals surface area contributed by atoms with Crippen molar-refractivity contribution in [1.82, 2.24) is 5.32 Å². The Morgan fingerprint density at radius 2 is 0.737 bits per heavy atom. The lowest BCUT2D eigenvalue weighted by molar-refractivity contribution is -0.151. The molecule has 0 bridgehead atoms. The number of aliphatic hydroxyl groups is 2. The number of nitrogens with one attached hydrogen (secondary N) is 1. The lowest BCUT2D eigenvalue weighted by Crippen LogP contribution is -2.46. The molecule has 3 N–H and O–H groups in total. The van der Waals surface area contributed by atoms with Crippen LogP contribution in [-0.2, 0) is 14.3 Å². The molecule has 0 saturated heterocycles. The van der Waals surface area contributed by atoms with Gasteiger partial charge in [0.1, 0.15) is 6.10 Å². The minimum atomic E-state index is -0.778. The van der Waals surface area contributed by atoms with E-state index >= 15 is 0 Å². The van der Waals surface area contributed by atoms with Gasteiger partial charge in [-0.3, -0.25) is 9.59 Å². The van der Waals surface area contributed by atoms with Crippen LogP contribution in [0.1, 0.15) is 290 Å². The first kappa shape index (κ1) is 55.9. The predicted molar refractivity (Wildman–Crippen MR) is 246 cm³/mol. The highest BCUT2D eigenvalue weighted by molar-refractivity contribution is 5.77. The number of carbonyl (C=O) groups excluding carboxylic acids is 2. The van der Waals surface area contributed by atoms with Gasteiger partial charge >= 0.3 is 5.97 Å². The van der Waals surface area contributed by atoms with Gasteiger partial charge in [0.05, 0.1) is 25.2 Å². The predicted octanol–water partition coefficient (Wildman–Crippen LogP) is 15.2. The van der Waals surface area contributed by atoms with Gasteiger partial charge in [-0.25, -0.2) is 0 Å². The highest BCUT2D eigenvalue weighted by Crippen LogP contribution is 2.19. The van der Waals surface area contributed by atoms with Crippen molar-refractivity contribution < 1.29 is 24.5 Å². The van der Waals surface area contributed by atoms with E-state index in [9.17, 15) is 19.8 Å². The zero-order valence-electron chi connectivity index (χ0n) is 38.8. The topological polar surface area (TPSA) is 95.9 Å². The number of aliphatic hydroxyl groups excluding tert-OH is 2. The molecular weight excluding hydrogens is 707 g/mol. The molecule has 0 aliphatic carbocycles. The van der Waals surface area contributed by atoms with Crippen molar-refractivity contribution in [2.45, 2.75) is 309 Å². The van der Waals surface area contributed by atoms with Gasteiger partial charge < -0.3 is 20.3 Å². The summed E-state index contributed by atoms with van der Waals surface area (Å²) in [5.74, 6) is -0.451. The van der Waals surface area contributed by atoms with Gasteiger partial charge in [0.2, 0.25) is 5.91 Å². The maximum atomic E-state index is 13.2. The Kier molecular flexibility index (Phi) is 45.0. The average Bonchev–Trinajstić information content (AvgIpc) is 3.20. The second-order valence-electron chi connectivity index (χ2n) is 17.9. The van der Waals surface area contributed by atoms with E-state index in [1.165, 1.54) is 205 Å². The van der Waals surface area contributed by atoms with Crippen LogP contribution >= 0.6 is 0 Å². The van der Waals surface area contributed by atoms with E-state index in [0.717, 1.165) is 38.5 Å². The van der Waals surface area contributed by atoms with Crippen LogP contribution < -0.4 is 5.32 Å². The van der Waals surface area contributed by atoms with Crippen molar-refractivity contribution in [3.8, 4) is 0 Å². The summed E-state index contributed by atoms with van der Waals surface area (Å²) in [6.07, 6.45) is 48.7. The van der Waals surface area contributed by atoms with E-state index in [1.807, 2.05) is 0 Å². The molecule has 57 heavy (non-hydrogen) atoms. The Bertz CT molecular complexity index is 821. The van der Waals surface area contributed by atoms with Gasteiger partial charge in [-0.15, -0.1) is 0 Å². The first-order valence-electron chi connectivity index (χ1n) is 25.8. The van der Waals surface area contributed by atoms with Crippen LogP contribution in [0.2, 0.25) is 0 Å². The van der Waals surface area contributed by atoms with Crippen molar-refractivity contribution in [3.63, 3.8) is 0 Å². The molecular formula is C51H101NO5. The van der Waals surface area contributed by atoms with Crippen LogP contribution in [0.5, 0.6) is 0 Å². The molecule has 0 aromatic carbocycles. The summed E-state index contributed by atoms with van der Waals surface area (Å²) >= 11 is 0. The molecule has 0 radical (unpaired) electrons. The molecule has 0 fully saturated rings. The smallest absolute Gasteiger partial charge is 0.306 e. The summed E-state index contributed by atoms with van der Waals surface area (Å²) in [5, 5.41) is 23.7. The molecule has 0 rings (SSSR count). The monoisotopic (exact) mass is 808 g/mol. The molecule has 0 aromatic heterocycles. The van der Waals surface area contributed by atoms with Gasteiger partial charge in [0.15, 0.2) is 0 Å². The fraction of sp³-hybridized carbons (Fsp3) is 0.961. The molecule has 340 valence electrons. The number of carbonyl (C=O) groups is 2. The van der Waals surface area contributed by atoms with Gasteiger partial charge in [-0.05, 0) is 25.7 Å². The molecule has 0 heterocycles. The Morgan fingerprint density at radius 3 is 1.07 bits per heavy atom. The van der Waals surface area contributed by atoms with Crippen LogP contribution in [0.3, 0.4) is 0 Å². The molecule has 0 saturated carbocycles. The number of amides is 1. The normalized spacial score (nSPS) is 13.1. The third-order valence-electron chi connectivity index (χ3n) is 12.2. The van der Waals surface area contributed by atoms with Crippen molar-refractivity contribution in [2.75, 3.05) is 6.61 Å². The average molecular weight is 808 g/mol. The summed E-state index contributed by atoms with van der Waals surface area (Å²) in [6.45, 7) is 6.50. The molecule has 3 unspecified atom stereocenters. The molecule has 0 aromatic rings. The molecule has 0 spiro atoms. The van der Waals surface area contributed by atoms with Crippen LogP contribution in [0.15, 0.2) is 0 Å². The van der Waals surface area contributed by atoms with E-state index in [1.54, 1.807) is 0 Å². The highest BCUT2D eigenvalue weighted by atomic mass is 16.5. The van der Waals surface area contributed by atoms with E-state index in [2.05, 4.69) is 26.1 Å². The second kappa shape index (κ2) is 45.9. The summed E-state index contributed by atoms with van der Waals surface area (Å²) in [7, 11) is 0. The fourth-order valence-electron chi connectivity index (χ4n) is 8.26. The first-order valence-corrected chi connectivity index (χ1v) is 25.8. The number of hydrogen-bond donors (Lipinski definition) is 3. The summed E-state index contributed by atoms with van der Waals surface area (Å²) in [4.78, 5) is 26.1. The summed E-state index contributed by atoms with van der Waals surface area (Å²) in [5.41, 5.74) is 0. The lowest BCUT2D eigenvalue weighted by Gasteiger charge is -2.24. The van der Waals surface area contributed by atoms with Crippen LogP contribution in [0.4, 0.5) is 0 Å². The Balaban J connectivity index is 4.50. The van der Waals surface area contributed by atoms with Crippen molar-refractivity contribution >= 4 is 11.9 Å². The molecule has 1 amide bonds. The Morgan fingerprint density at radius 1 is 0.439 bits per heavy atom. The van der Waals surface area contributed by atoms with Crippen LogP contribution in [0, 0.1) is 0 Å². The van der Waals surface area contributed by atoms with Gasteiger partial charge in [-0.2, -0.15) is 0 Å². The maximum Gasteiger partial charge on any atom is 0.306 e. The number of hydrogen-bond acceptors (Lipinski definition) is 5. The van der Waals surface area contributed by atoms with Crippen LogP contribution in [-0.4, -0.2) is 46.9 Å². The second-order valence-corrected chi connectivity index (χ2v) is 17.9. The molecule has 0 aliphatic heterocycles. The minimum absolute atomic E-state index is 0.0876. The number of unbranched alkanes of at least 4 members (excludes halogenated alkanes) is 35. The highest BCUT2D eigenvalue weighted by Gasteiger charge is 2.24. The largest absolute Gasteiger partial charge is 0.462 e. The molecule has 6 heteroatoms. The van der Waals surface area contributed by atoms with Gasteiger partial charge in [0, 0.05) is 6.42 Å². The summed E-state index contributed by atoms with van der Waals surface area (Å²) < 4.78 is 5.94. The number of rotatable bonds is 47. The lowest BCUT2D eigenvalue weighted by atomic mass is 10.0. The zero-order valence-corrected chi connectivity index (χ0v) is 38.8. The number of esters is 1. The van der Waals surface area contributed by atoms with E-state index < -0.39 is 18.2 Å². The van der Waals surface area contributed by atoms with Crippen LogP contribution in [0.25, 0.3) is 0 Å². The SMILES string of the molecule is CCCCCCCCCCCCCCCCCC(=O)OC(CCCCCCCCCCCCCCC)CC(=O)NC(CO)C(O)CCCCCCCCCCCC.